The SMILES string of the molecule is Cc1cc(Cl)cc2ccnc(N(C(=O)c3ccc(-c4nnn(C)c4C)cc3F)[C@@H]3CCCNC3)c12. The number of aryl methyl sites for hydroxylation is 2. The molecule has 35 heavy (non-hydrogen) atoms. The highest BCUT2D eigenvalue weighted by atomic mass is 35.5. The monoisotopic (exact) mass is 492 g/mol. The predicted octanol–water partition coefficient (Wildman–Crippen LogP) is 4.84. The molecule has 1 atom stereocenters. The molecule has 1 N–H and O–H groups in total. The van der Waals surface area contributed by atoms with Gasteiger partial charge in [0.1, 0.15) is 17.3 Å². The maximum absolute atomic E-state index is 15.5. The summed E-state index contributed by atoms with van der Waals surface area (Å²) >= 11 is 6.29. The molecule has 0 spiro atoms. The van der Waals surface area contributed by atoms with Crippen molar-refractivity contribution in [2.24, 2.45) is 7.05 Å². The summed E-state index contributed by atoms with van der Waals surface area (Å²) < 4.78 is 17.1. The number of hydrogen-bond acceptors (Lipinski definition) is 5. The van der Waals surface area contributed by atoms with Crippen LogP contribution < -0.4 is 10.2 Å². The number of carbonyl (C=O) groups excluding carboxylic acids is 1. The third kappa shape index (κ3) is 4.28. The molecule has 3 heterocycles. The molecule has 1 saturated heterocycles. The van der Waals surface area contributed by atoms with Gasteiger partial charge in [0.25, 0.3) is 5.91 Å². The lowest BCUT2D eigenvalue weighted by Gasteiger charge is -2.35. The molecular weight excluding hydrogens is 467 g/mol. The molecule has 4 aromatic rings. The van der Waals surface area contributed by atoms with Crippen molar-refractivity contribution in [3.63, 3.8) is 0 Å². The molecule has 0 unspecified atom stereocenters. The van der Waals surface area contributed by atoms with Crippen LogP contribution in [0.1, 0.15) is 34.5 Å². The van der Waals surface area contributed by atoms with Gasteiger partial charge < -0.3 is 5.32 Å². The third-order valence-corrected chi connectivity index (χ3v) is 6.89. The molecule has 1 fully saturated rings. The Morgan fingerprint density at radius 2 is 2.06 bits per heavy atom. The molecule has 9 heteroatoms. The minimum atomic E-state index is -0.605. The molecule has 7 nitrogen and oxygen atoms in total. The fraction of sp³-hybridized carbons (Fsp3) is 0.308. The van der Waals surface area contributed by atoms with Crippen molar-refractivity contribution in [1.82, 2.24) is 25.3 Å². The number of rotatable bonds is 4. The molecule has 1 aliphatic heterocycles. The number of nitrogens with one attached hydrogen (secondary N) is 1. The number of fused-ring (bicyclic) bond motifs is 1. The van der Waals surface area contributed by atoms with Crippen LogP contribution in [0.5, 0.6) is 0 Å². The molecule has 180 valence electrons. The summed E-state index contributed by atoms with van der Waals surface area (Å²) in [6.07, 6.45) is 3.37. The second-order valence-electron chi connectivity index (χ2n) is 8.97. The summed E-state index contributed by atoms with van der Waals surface area (Å²) in [4.78, 5) is 20.2. The quantitative estimate of drug-likeness (QED) is 0.441. The van der Waals surface area contributed by atoms with Crippen molar-refractivity contribution < 1.29 is 9.18 Å². The van der Waals surface area contributed by atoms with Gasteiger partial charge in [-0.25, -0.2) is 9.37 Å². The first-order valence-electron chi connectivity index (χ1n) is 11.6. The summed E-state index contributed by atoms with van der Waals surface area (Å²) in [5.41, 5.74) is 2.87. The first-order chi connectivity index (χ1) is 16.8. The van der Waals surface area contributed by atoms with Crippen LogP contribution in [0.4, 0.5) is 10.2 Å². The first kappa shape index (κ1) is 23.4. The van der Waals surface area contributed by atoms with Gasteiger partial charge >= 0.3 is 0 Å². The number of amides is 1. The number of aromatic nitrogens is 4. The van der Waals surface area contributed by atoms with E-state index in [1.807, 2.05) is 32.0 Å². The molecule has 0 radical (unpaired) electrons. The van der Waals surface area contributed by atoms with Gasteiger partial charge in [-0.1, -0.05) is 22.9 Å². The van der Waals surface area contributed by atoms with Crippen molar-refractivity contribution in [2.75, 3.05) is 18.0 Å². The van der Waals surface area contributed by atoms with Crippen LogP contribution in [0.15, 0.2) is 42.6 Å². The van der Waals surface area contributed by atoms with E-state index < -0.39 is 11.7 Å². The number of pyridine rings is 1. The van der Waals surface area contributed by atoms with E-state index in [1.165, 1.54) is 12.1 Å². The van der Waals surface area contributed by atoms with Crippen molar-refractivity contribution in [3.05, 3.63) is 70.3 Å². The van der Waals surface area contributed by atoms with Gasteiger partial charge in [0.15, 0.2) is 0 Å². The van der Waals surface area contributed by atoms with E-state index in [4.69, 9.17) is 11.6 Å². The number of benzene rings is 2. The maximum Gasteiger partial charge on any atom is 0.262 e. The zero-order valence-electron chi connectivity index (χ0n) is 19.8. The Labute approximate surface area is 207 Å². The van der Waals surface area contributed by atoms with Crippen LogP contribution in [0.3, 0.4) is 0 Å². The third-order valence-electron chi connectivity index (χ3n) is 6.67. The standard InChI is InChI=1S/C26H26ClFN6O/c1-15-11-19(27)12-17-8-10-30-25(23(15)17)34(20-5-4-9-29-14-20)26(35)21-7-6-18(13-22(21)28)24-16(2)33(3)32-31-24/h6-8,10-13,20,29H,4-5,9,14H2,1-3H3/t20-/m1/s1. The highest BCUT2D eigenvalue weighted by molar-refractivity contribution is 6.31. The van der Waals surface area contributed by atoms with Crippen LogP contribution in [-0.4, -0.2) is 45.0 Å². The second kappa shape index (κ2) is 9.36. The van der Waals surface area contributed by atoms with E-state index >= 15 is 4.39 Å². The number of halogens is 2. The number of piperidine rings is 1. The summed E-state index contributed by atoms with van der Waals surface area (Å²) in [5, 5.41) is 13.8. The van der Waals surface area contributed by atoms with Gasteiger partial charge in [-0.15, -0.1) is 5.10 Å². The highest BCUT2D eigenvalue weighted by Crippen LogP contribution is 2.34. The van der Waals surface area contributed by atoms with E-state index in [9.17, 15) is 4.79 Å². The summed E-state index contributed by atoms with van der Waals surface area (Å²) in [6, 6.07) is 10.0. The van der Waals surface area contributed by atoms with Crippen LogP contribution in [0.2, 0.25) is 5.02 Å². The fourth-order valence-electron chi connectivity index (χ4n) is 4.77. The molecule has 0 bridgehead atoms. The Hall–Kier alpha value is -3.36. The Morgan fingerprint density at radius 3 is 2.74 bits per heavy atom. The molecule has 1 aliphatic rings. The summed E-state index contributed by atoms with van der Waals surface area (Å²) in [7, 11) is 1.78. The molecule has 2 aromatic heterocycles. The lowest BCUT2D eigenvalue weighted by molar-refractivity contribution is 0.0968. The number of hydrogen-bond donors (Lipinski definition) is 1. The molecular formula is C26H26ClFN6O. The normalized spacial score (nSPS) is 16.0. The number of carbonyl (C=O) groups is 1. The average Bonchev–Trinajstić information content (AvgIpc) is 3.17. The molecule has 0 aliphatic carbocycles. The van der Waals surface area contributed by atoms with Gasteiger partial charge in [0.05, 0.1) is 17.3 Å². The highest BCUT2D eigenvalue weighted by Gasteiger charge is 2.32. The van der Waals surface area contributed by atoms with E-state index in [2.05, 4.69) is 20.6 Å². The van der Waals surface area contributed by atoms with Gasteiger partial charge in [-0.2, -0.15) is 0 Å². The molecule has 1 amide bonds. The van der Waals surface area contributed by atoms with E-state index in [1.54, 1.807) is 28.9 Å². The van der Waals surface area contributed by atoms with Crippen LogP contribution in [0, 0.1) is 19.7 Å². The Balaban J connectivity index is 1.62. The lowest BCUT2D eigenvalue weighted by Crippen LogP contribution is -2.49. The molecule has 2 aromatic carbocycles. The van der Waals surface area contributed by atoms with E-state index in [-0.39, 0.29) is 11.6 Å². The van der Waals surface area contributed by atoms with Crippen molar-refractivity contribution >= 4 is 34.1 Å². The van der Waals surface area contributed by atoms with Gasteiger partial charge in [0, 0.05) is 35.8 Å². The van der Waals surface area contributed by atoms with Gasteiger partial charge in [-0.3, -0.25) is 14.4 Å². The lowest BCUT2D eigenvalue weighted by atomic mass is 10.0. The van der Waals surface area contributed by atoms with Crippen LogP contribution in [-0.2, 0) is 7.05 Å². The zero-order valence-corrected chi connectivity index (χ0v) is 20.6. The predicted molar refractivity (Wildman–Crippen MR) is 135 cm³/mol. The van der Waals surface area contributed by atoms with Gasteiger partial charge in [-0.05, 0) is 74.5 Å². The second-order valence-corrected chi connectivity index (χ2v) is 9.41. The van der Waals surface area contributed by atoms with E-state index in [0.29, 0.717) is 28.6 Å². The minimum Gasteiger partial charge on any atom is -0.315 e. The molecule has 0 saturated carbocycles. The van der Waals surface area contributed by atoms with Crippen LogP contribution >= 0.6 is 11.6 Å². The Kier molecular flexibility index (Phi) is 6.25. The largest absolute Gasteiger partial charge is 0.315 e. The average molecular weight is 493 g/mol. The van der Waals surface area contributed by atoms with Crippen LogP contribution in [0.25, 0.3) is 22.0 Å². The maximum atomic E-state index is 15.5. The topological polar surface area (TPSA) is 75.9 Å². The van der Waals surface area contributed by atoms with Crippen molar-refractivity contribution in [1.29, 1.82) is 0 Å². The molecule has 5 rings (SSSR count). The summed E-state index contributed by atoms with van der Waals surface area (Å²) in [5.74, 6) is -0.511. The van der Waals surface area contributed by atoms with E-state index in [0.717, 1.165) is 41.4 Å². The minimum absolute atomic E-state index is 0.00807. The number of anilines is 1. The number of nitrogens with zero attached hydrogens (tertiary/aromatic N) is 5. The smallest absolute Gasteiger partial charge is 0.262 e. The summed E-state index contributed by atoms with van der Waals surface area (Å²) in [6.45, 7) is 5.30. The zero-order chi connectivity index (χ0) is 24.7. The first-order valence-corrected chi connectivity index (χ1v) is 12.0. The Morgan fingerprint density at radius 1 is 1.23 bits per heavy atom. The van der Waals surface area contributed by atoms with Crippen molar-refractivity contribution in [2.45, 2.75) is 32.7 Å². The fourth-order valence-corrected chi connectivity index (χ4v) is 5.05. The van der Waals surface area contributed by atoms with Crippen molar-refractivity contribution in [3.8, 4) is 11.3 Å². The Bertz CT molecular complexity index is 1430. The van der Waals surface area contributed by atoms with Gasteiger partial charge in [0.2, 0.25) is 0 Å².